The normalized spacial score (nSPS) is 18.5. The number of rotatable bonds is 5. The van der Waals surface area contributed by atoms with Gasteiger partial charge in [0.05, 0.1) is 24.6 Å². The Hall–Kier alpha value is -2.30. The van der Waals surface area contributed by atoms with Crippen molar-refractivity contribution >= 4 is 11.7 Å². The Labute approximate surface area is 131 Å². The molecule has 1 aliphatic heterocycles. The minimum atomic E-state index is 0.0754. The average Bonchev–Trinajstić information content (AvgIpc) is 3.09. The molecule has 1 aromatic carbocycles. The molecule has 1 atom stereocenters. The van der Waals surface area contributed by atoms with Gasteiger partial charge < -0.3 is 9.88 Å². The molecule has 3 rings (SSSR count). The van der Waals surface area contributed by atoms with E-state index in [4.69, 9.17) is 0 Å². The fraction of sp³-hybridized carbons (Fsp3) is 0.412. The smallest absolute Gasteiger partial charge is 0.325 e. The lowest BCUT2D eigenvalue weighted by atomic mass is 10.0. The van der Waals surface area contributed by atoms with E-state index in [2.05, 4.69) is 23.8 Å². The first-order valence-corrected chi connectivity index (χ1v) is 7.75. The van der Waals surface area contributed by atoms with E-state index in [0.717, 1.165) is 24.3 Å². The lowest BCUT2D eigenvalue weighted by Gasteiger charge is -2.24. The summed E-state index contributed by atoms with van der Waals surface area (Å²) in [7, 11) is 0. The molecule has 1 fully saturated rings. The van der Waals surface area contributed by atoms with Crippen molar-refractivity contribution in [2.24, 2.45) is 5.92 Å². The van der Waals surface area contributed by atoms with E-state index in [0.29, 0.717) is 12.5 Å². The number of nitrogens with one attached hydrogen (secondary N) is 1. The fourth-order valence-electron chi connectivity index (χ4n) is 3.07. The van der Waals surface area contributed by atoms with Crippen LogP contribution in [0.4, 0.5) is 10.5 Å². The molecule has 2 amide bonds. The van der Waals surface area contributed by atoms with Crippen molar-refractivity contribution in [3.8, 4) is 0 Å². The summed E-state index contributed by atoms with van der Waals surface area (Å²) in [5.74, 6) is 0.552. The number of aromatic amines is 1. The van der Waals surface area contributed by atoms with Crippen molar-refractivity contribution < 1.29 is 4.79 Å². The predicted molar refractivity (Wildman–Crippen MR) is 86.6 cm³/mol. The van der Waals surface area contributed by atoms with Gasteiger partial charge in [0.1, 0.15) is 0 Å². The number of amides is 2. The summed E-state index contributed by atoms with van der Waals surface area (Å²) >= 11 is 0. The number of imidazole rings is 1. The van der Waals surface area contributed by atoms with Crippen molar-refractivity contribution in [2.75, 3.05) is 11.4 Å². The summed E-state index contributed by atoms with van der Waals surface area (Å²) in [4.78, 5) is 23.8. The number of carbonyl (C=O) groups is 1. The molecule has 2 aromatic rings. The summed E-state index contributed by atoms with van der Waals surface area (Å²) in [5.41, 5.74) is 1.94. The van der Waals surface area contributed by atoms with Gasteiger partial charge in [0, 0.05) is 18.4 Å². The molecule has 116 valence electrons. The maximum atomic E-state index is 12.8. The van der Waals surface area contributed by atoms with Crippen molar-refractivity contribution in [2.45, 2.75) is 32.9 Å². The SMILES string of the molecule is CC(C)CC1CN(Cc2cnc[nH]2)C(=O)N1c1ccccc1. The Balaban J connectivity index is 1.83. The monoisotopic (exact) mass is 298 g/mol. The first kappa shape index (κ1) is 14.6. The van der Waals surface area contributed by atoms with Gasteiger partial charge in [-0.25, -0.2) is 9.78 Å². The van der Waals surface area contributed by atoms with Crippen LogP contribution < -0.4 is 4.90 Å². The molecule has 0 bridgehead atoms. The molecule has 0 saturated carbocycles. The van der Waals surface area contributed by atoms with Crippen LogP contribution in [0.15, 0.2) is 42.9 Å². The maximum Gasteiger partial charge on any atom is 0.325 e. The van der Waals surface area contributed by atoms with E-state index in [-0.39, 0.29) is 12.1 Å². The average molecular weight is 298 g/mol. The van der Waals surface area contributed by atoms with Crippen molar-refractivity contribution in [1.82, 2.24) is 14.9 Å². The number of anilines is 1. The number of para-hydroxylation sites is 1. The Morgan fingerprint density at radius 1 is 1.32 bits per heavy atom. The summed E-state index contributed by atoms with van der Waals surface area (Å²) < 4.78 is 0. The highest BCUT2D eigenvalue weighted by molar-refractivity contribution is 5.94. The molecule has 1 aromatic heterocycles. The number of benzene rings is 1. The van der Waals surface area contributed by atoms with Gasteiger partial charge in [0.15, 0.2) is 0 Å². The minimum Gasteiger partial charge on any atom is -0.347 e. The minimum absolute atomic E-state index is 0.0754. The number of H-pyrrole nitrogens is 1. The number of carbonyl (C=O) groups excluding carboxylic acids is 1. The Kier molecular flexibility index (Phi) is 4.13. The van der Waals surface area contributed by atoms with Gasteiger partial charge in [-0.2, -0.15) is 0 Å². The van der Waals surface area contributed by atoms with E-state index in [1.807, 2.05) is 40.1 Å². The second-order valence-corrected chi connectivity index (χ2v) is 6.23. The third-order valence-corrected chi connectivity index (χ3v) is 3.97. The van der Waals surface area contributed by atoms with E-state index in [1.165, 1.54) is 0 Å². The van der Waals surface area contributed by atoms with Crippen LogP contribution in [0.5, 0.6) is 0 Å². The maximum absolute atomic E-state index is 12.8. The molecule has 5 heteroatoms. The highest BCUT2D eigenvalue weighted by atomic mass is 16.2. The molecule has 0 spiro atoms. The van der Waals surface area contributed by atoms with Gasteiger partial charge in [-0.05, 0) is 24.5 Å². The lowest BCUT2D eigenvalue weighted by Crippen LogP contribution is -2.35. The van der Waals surface area contributed by atoms with Crippen LogP contribution in [0, 0.1) is 5.92 Å². The van der Waals surface area contributed by atoms with Crippen LogP contribution in [-0.4, -0.2) is 33.5 Å². The zero-order chi connectivity index (χ0) is 15.5. The first-order chi connectivity index (χ1) is 10.6. The highest BCUT2D eigenvalue weighted by Gasteiger charge is 2.38. The highest BCUT2D eigenvalue weighted by Crippen LogP contribution is 2.28. The molecule has 5 nitrogen and oxygen atoms in total. The third kappa shape index (κ3) is 2.98. The molecule has 1 unspecified atom stereocenters. The topological polar surface area (TPSA) is 52.2 Å². The molecule has 1 N–H and O–H groups in total. The van der Waals surface area contributed by atoms with Crippen molar-refractivity contribution in [3.63, 3.8) is 0 Å². The summed E-state index contributed by atoms with van der Waals surface area (Å²) in [6, 6.07) is 10.2. The van der Waals surface area contributed by atoms with Gasteiger partial charge >= 0.3 is 6.03 Å². The van der Waals surface area contributed by atoms with Gasteiger partial charge in [-0.1, -0.05) is 32.0 Å². The summed E-state index contributed by atoms with van der Waals surface area (Å²) in [6.45, 7) is 5.73. The predicted octanol–water partition coefficient (Wildman–Crippen LogP) is 3.27. The fourth-order valence-corrected chi connectivity index (χ4v) is 3.07. The van der Waals surface area contributed by atoms with Crippen LogP contribution in [0.1, 0.15) is 26.0 Å². The van der Waals surface area contributed by atoms with E-state index in [9.17, 15) is 4.79 Å². The Morgan fingerprint density at radius 3 is 2.73 bits per heavy atom. The molecular weight excluding hydrogens is 276 g/mol. The van der Waals surface area contributed by atoms with E-state index >= 15 is 0 Å². The van der Waals surface area contributed by atoms with Crippen LogP contribution in [-0.2, 0) is 6.54 Å². The summed E-state index contributed by atoms with van der Waals surface area (Å²) in [5, 5.41) is 0. The van der Waals surface area contributed by atoms with E-state index in [1.54, 1.807) is 12.5 Å². The largest absolute Gasteiger partial charge is 0.347 e. The Bertz CT molecular complexity index is 609. The quantitative estimate of drug-likeness (QED) is 0.921. The Morgan fingerprint density at radius 2 is 2.09 bits per heavy atom. The van der Waals surface area contributed by atoms with Crippen LogP contribution in [0.25, 0.3) is 0 Å². The van der Waals surface area contributed by atoms with Crippen LogP contribution >= 0.6 is 0 Å². The van der Waals surface area contributed by atoms with Crippen molar-refractivity contribution in [1.29, 1.82) is 0 Å². The molecule has 1 aliphatic rings. The molecule has 0 radical (unpaired) electrons. The number of hydrogen-bond donors (Lipinski definition) is 1. The van der Waals surface area contributed by atoms with Gasteiger partial charge in [-0.3, -0.25) is 4.90 Å². The van der Waals surface area contributed by atoms with Crippen LogP contribution in [0.2, 0.25) is 0 Å². The second kappa shape index (κ2) is 6.22. The number of aromatic nitrogens is 2. The molecule has 0 aliphatic carbocycles. The standard InChI is InChI=1S/C17H22N4O/c1-13(2)8-16-11-20(10-14-9-18-12-19-14)17(22)21(16)15-6-4-3-5-7-15/h3-7,9,12-13,16H,8,10-11H2,1-2H3,(H,18,19). The van der Waals surface area contributed by atoms with Crippen molar-refractivity contribution in [3.05, 3.63) is 48.5 Å². The third-order valence-electron chi connectivity index (χ3n) is 3.97. The first-order valence-electron chi connectivity index (χ1n) is 7.75. The number of nitrogens with zero attached hydrogens (tertiary/aromatic N) is 3. The summed E-state index contributed by atoms with van der Waals surface area (Å²) in [6.07, 6.45) is 4.42. The zero-order valence-corrected chi connectivity index (χ0v) is 13.1. The number of urea groups is 1. The van der Waals surface area contributed by atoms with E-state index < -0.39 is 0 Å². The van der Waals surface area contributed by atoms with Gasteiger partial charge in [0.2, 0.25) is 0 Å². The molecule has 2 heterocycles. The molecule has 1 saturated heterocycles. The van der Waals surface area contributed by atoms with Gasteiger partial charge in [0.25, 0.3) is 0 Å². The zero-order valence-electron chi connectivity index (χ0n) is 13.1. The number of hydrogen-bond acceptors (Lipinski definition) is 2. The lowest BCUT2D eigenvalue weighted by molar-refractivity contribution is 0.218. The molecule has 22 heavy (non-hydrogen) atoms. The van der Waals surface area contributed by atoms with Crippen LogP contribution in [0.3, 0.4) is 0 Å². The second-order valence-electron chi connectivity index (χ2n) is 6.23. The van der Waals surface area contributed by atoms with Gasteiger partial charge in [-0.15, -0.1) is 0 Å². The molecular formula is C17H22N4O.